The highest BCUT2D eigenvalue weighted by Crippen LogP contribution is 2.20. The van der Waals surface area contributed by atoms with E-state index in [0.29, 0.717) is 6.54 Å². The molecule has 1 fully saturated rings. The maximum atomic E-state index is 10.5. The lowest BCUT2D eigenvalue weighted by molar-refractivity contribution is 0.152. The van der Waals surface area contributed by atoms with Crippen LogP contribution in [0.15, 0.2) is 29.3 Å². The van der Waals surface area contributed by atoms with Gasteiger partial charge >= 0.3 is 0 Å². The molecule has 1 aliphatic heterocycles. The molecule has 0 spiro atoms. The Morgan fingerprint density at radius 2 is 1.93 bits per heavy atom. The third-order valence-corrected chi connectivity index (χ3v) is 5.17. The topological polar surface area (TPSA) is 72.4 Å². The monoisotopic (exact) mass is 419 g/mol. The molecule has 1 unspecified atom stereocenters. The SMILES string of the molecule is CCNC(=NCC(O)c1cccc(OC(C)C)c1)NCCCCN1CCN(C)CC1. The van der Waals surface area contributed by atoms with Gasteiger partial charge in [0, 0.05) is 39.3 Å². The van der Waals surface area contributed by atoms with Crippen molar-refractivity contribution in [2.24, 2.45) is 4.99 Å². The number of hydrogen-bond acceptors (Lipinski definition) is 5. The number of unbranched alkanes of at least 4 members (excludes halogenated alkanes) is 1. The molecular weight excluding hydrogens is 378 g/mol. The smallest absolute Gasteiger partial charge is 0.191 e. The summed E-state index contributed by atoms with van der Waals surface area (Å²) in [4.78, 5) is 9.50. The van der Waals surface area contributed by atoms with Crippen LogP contribution in [0.2, 0.25) is 0 Å². The van der Waals surface area contributed by atoms with E-state index < -0.39 is 6.10 Å². The summed E-state index contributed by atoms with van der Waals surface area (Å²) >= 11 is 0. The lowest BCUT2D eigenvalue weighted by Gasteiger charge is -2.32. The Balaban J connectivity index is 1.74. The van der Waals surface area contributed by atoms with Gasteiger partial charge in [0.15, 0.2) is 5.96 Å². The average Bonchev–Trinajstić information content (AvgIpc) is 2.72. The lowest BCUT2D eigenvalue weighted by atomic mass is 10.1. The minimum Gasteiger partial charge on any atom is -0.491 e. The van der Waals surface area contributed by atoms with E-state index in [1.165, 1.54) is 32.6 Å². The molecule has 0 radical (unpaired) electrons. The highest BCUT2D eigenvalue weighted by molar-refractivity contribution is 5.79. The first-order chi connectivity index (χ1) is 14.5. The molecule has 2 rings (SSSR count). The van der Waals surface area contributed by atoms with Gasteiger partial charge in [0.05, 0.1) is 18.8 Å². The molecule has 30 heavy (non-hydrogen) atoms. The predicted molar refractivity (Wildman–Crippen MR) is 124 cm³/mol. The number of nitrogens with one attached hydrogen (secondary N) is 2. The van der Waals surface area contributed by atoms with Crippen LogP contribution in [-0.4, -0.2) is 86.4 Å². The van der Waals surface area contributed by atoms with E-state index >= 15 is 0 Å². The fourth-order valence-electron chi connectivity index (χ4n) is 3.43. The first kappa shape index (κ1) is 24.4. The van der Waals surface area contributed by atoms with E-state index in [1.807, 2.05) is 45.0 Å². The maximum absolute atomic E-state index is 10.5. The number of nitrogens with zero attached hydrogens (tertiary/aromatic N) is 3. The van der Waals surface area contributed by atoms with E-state index in [0.717, 1.165) is 43.3 Å². The van der Waals surface area contributed by atoms with Crippen molar-refractivity contribution in [3.63, 3.8) is 0 Å². The van der Waals surface area contributed by atoms with Crippen molar-refractivity contribution in [3.05, 3.63) is 29.8 Å². The zero-order valence-corrected chi connectivity index (χ0v) is 19.2. The molecule has 0 aromatic heterocycles. The fourth-order valence-corrected chi connectivity index (χ4v) is 3.43. The van der Waals surface area contributed by atoms with Gasteiger partial charge < -0.3 is 30.3 Å². The van der Waals surface area contributed by atoms with E-state index in [4.69, 9.17) is 4.74 Å². The molecule has 1 aromatic rings. The fraction of sp³-hybridized carbons (Fsp3) is 0.696. The number of aliphatic hydroxyl groups excluding tert-OH is 1. The average molecular weight is 420 g/mol. The quantitative estimate of drug-likeness (QED) is 0.290. The Morgan fingerprint density at radius 1 is 1.17 bits per heavy atom. The van der Waals surface area contributed by atoms with Crippen LogP contribution in [0.5, 0.6) is 5.75 Å². The highest BCUT2D eigenvalue weighted by atomic mass is 16.5. The molecule has 3 N–H and O–H groups in total. The number of piperazine rings is 1. The van der Waals surface area contributed by atoms with Crippen LogP contribution in [0.25, 0.3) is 0 Å². The van der Waals surface area contributed by atoms with Crippen molar-refractivity contribution in [1.82, 2.24) is 20.4 Å². The first-order valence-corrected chi connectivity index (χ1v) is 11.4. The summed E-state index contributed by atoms with van der Waals surface area (Å²) in [5.41, 5.74) is 0.819. The zero-order valence-electron chi connectivity index (χ0n) is 19.2. The zero-order chi connectivity index (χ0) is 21.8. The number of guanidine groups is 1. The third-order valence-electron chi connectivity index (χ3n) is 5.17. The number of ether oxygens (including phenoxy) is 1. The van der Waals surface area contributed by atoms with Gasteiger partial charge in [-0.05, 0) is 64.9 Å². The normalized spacial score (nSPS) is 17.2. The van der Waals surface area contributed by atoms with Crippen molar-refractivity contribution >= 4 is 5.96 Å². The molecule has 1 saturated heterocycles. The summed E-state index contributed by atoms with van der Waals surface area (Å²) in [6.45, 7) is 13.9. The number of benzene rings is 1. The van der Waals surface area contributed by atoms with Crippen LogP contribution >= 0.6 is 0 Å². The van der Waals surface area contributed by atoms with Gasteiger partial charge in [0.25, 0.3) is 0 Å². The molecule has 1 heterocycles. The van der Waals surface area contributed by atoms with Gasteiger partial charge in [-0.15, -0.1) is 0 Å². The van der Waals surface area contributed by atoms with E-state index in [1.54, 1.807) is 0 Å². The first-order valence-electron chi connectivity index (χ1n) is 11.4. The van der Waals surface area contributed by atoms with Crippen LogP contribution in [0.3, 0.4) is 0 Å². The van der Waals surface area contributed by atoms with Crippen LogP contribution in [-0.2, 0) is 0 Å². The van der Waals surface area contributed by atoms with Gasteiger partial charge in [-0.3, -0.25) is 4.99 Å². The van der Waals surface area contributed by atoms with Crippen LogP contribution in [0.1, 0.15) is 45.3 Å². The number of hydrogen-bond donors (Lipinski definition) is 3. The largest absolute Gasteiger partial charge is 0.491 e. The summed E-state index contributed by atoms with van der Waals surface area (Å²) < 4.78 is 5.72. The van der Waals surface area contributed by atoms with Gasteiger partial charge in [-0.2, -0.15) is 0 Å². The number of aliphatic imine (C=N–C) groups is 1. The Labute approximate surface area is 182 Å². The molecule has 7 nitrogen and oxygen atoms in total. The molecular formula is C23H41N5O2. The highest BCUT2D eigenvalue weighted by Gasteiger charge is 2.13. The van der Waals surface area contributed by atoms with Crippen molar-refractivity contribution < 1.29 is 9.84 Å². The minimum atomic E-state index is -0.659. The number of likely N-dealkylation sites (N-methyl/N-ethyl adjacent to an activating group) is 1. The minimum absolute atomic E-state index is 0.108. The van der Waals surface area contributed by atoms with E-state index in [9.17, 15) is 5.11 Å². The Bertz CT molecular complexity index is 630. The molecule has 0 amide bonds. The summed E-state index contributed by atoms with van der Waals surface area (Å²) in [5.74, 6) is 1.53. The molecule has 0 aliphatic carbocycles. The van der Waals surface area contributed by atoms with Crippen LogP contribution in [0, 0.1) is 0 Å². The molecule has 0 bridgehead atoms. The summed E-state index contributed by atoms with van der Waals surface area (Å²) in [6, 6.07) is 7.61. The molecule has 170 valence electrons. The van der Waals surface area contributed by atoms with Crippen molar-refractivity contribution in [1.29, 1.82) is 0 Å². The number of aliphatic hydroxyl groups is 1. The van der Waals surface area contributed by atoms with Gasteiger partial charge in [-0.1, -0.05) is 12.1 Å². The van der Waals surface area contributed by atoms with Crippen LogP contribution in [0.4, 0.5) is 0 Å². The van der Waals surface area contributed by atoms with Gasteiger partial charge in [-0.25, -0.2) is 0 Å². The second-order valence-corrected chi connectivity index (χ2v) is 8.25. The second kappa shape index (κ2) is 13.5. The Hall–Kier alpha value is -1.83. The van der Waals surface area contributed by atoms with Gasteiger partial charge in [0.1, 0.15) is 5.75 Å². The lowest BCUT2D eigenvalue weighted by Crippen LogP contribution is -2.44. The summed E-state index contributed by atoms with van der Waals surface area (Å²) in [7, 11) is 2.19. The second-order valence-electron chi connectivity index (χ2n) is 8.25. The molecule has 1 aliphatic rings. The van der Waals surface area contributed by atoms with Crippen LogP contribution < -0.4 is 15.4 Å². The maximum Gasteiger partial charge on any atom is 0.191 e. The Morgan fingerprint density at radius 3 is 2.63 bits per heavy atom. The number of rotatable bonds is 11. The predicted octanol–water partition coefficient (Wildman–Crippen LogP) is 2.09. The van der Waals surface area contributed by atoms with Gasteiger partial charge in [0.2, 0.25) is 0 Å². The standard InChI is InChI=1S/C23H41N5O2/c1-5-24-23(25-11-6-7-12-28-15-13-27(4)14-16-28)26-18-22(29)20-9-8-10-21(17-20)30-19(2)3/h8-10,17,19,22,29H,5-7,11-16,18H2,1-4H3,(H2,24,25,26). The summed E-state index contributed by atoms with van der Waals surface area (Å²) in [6.07, 6.45) is 1.74. The van der Waals surface area contributed by atoms with Crippen molar-refractivity contribution in [2.75, 3.05) is 59.4 Å². The van der Waals surface area contributed by atoms with E-state index in [-0.39, 0.29) is 6.10 Å². The molecule has 1 aromatic carbocycles. The third kappa shape index (κ3) is 9.32. The van der Waals surface area contributed by atoms with E-state index in [2.05, 4.69) is 32.5 Å². The van der Waals surface area contributed by atoms with Crippen molar-refractivity contribution in [2.45, 2.75) is 45.8 Å². The molecule has 0 saturated carbocycles. The van der Waals surface area contributed by atoms with Crippen molar-refractivity contribution in [3.8, 4) is 5.75 Å². The molecule has 1 atom stereocenters. The summed E-state index contributed by atoms with van der Waals surface area (Å²) in [5, 5.41) is 17.2. The molecule has 7 heteroatoms. The Kier molecular flexibility index (Phi) is 11.0.